The van der Waals surface area contributed by atoms with Crippen molar-refractivity contribution >= 4 is 11.6 Å². The van der Waals surface area contributed by atoms with Gasteiger partial charge in [0.25, 0.3) is 5.91 Å². The minimum atomic E-state index is -1.04. The first-order valence-corrected chi connectivity index (χ1v) is 6.42. The summed E-state index contributed by atoms with van der Waals surface area (Å²) >= 11 is 0. The first-order chi connectivity index (χ1) is 10.6. The molecule has 0 atom stereocenters. The van der Waals surface area contributed by atoms with Crippen LogP contribution in [0.15, 0.2) is 59.1 Å². The molecule has 2 aromatic carbocycles. The van der Waals surface area contributed by atoms with E-state index in [-0.39, 0.29) is 11.4 Å². The van der Waals surface area contributed by atoms with Gasteiger partial charge in [-0.15, -0.1) is 0 Å². The van der Waals surface area contributed by atoms with Crippen molar-refractivity contribution in [2.45, 2.75) is 0 Å². The lowest BCUT2D eigenvalue weighted by molar-refractivity contribution is 0.0988. The highest BCUT2D eigenvalue weighted by Crippen LogP contribution is 2.20. The molecule has 1 aromatic heterocycles. The van der Waals surface area contributed by atoms with Gasteiger partial charge in [0.15, 0.2) is 11.6 Å². The Balaban J connectivity index is 1.78. The van der Waals surface area contributed by atoms with Gasteiger partial charge in [0, 0.05) is 23.4 Å². The number of carbonyl (C=O) groups excluding carboxylic acids is 1. The summed E-state index contributed by atoms with van der Waals surface area (Å²) in [5.74, 6) is -2.64. The van der Waals surface area contributed by atoms with E-state index in [1.54, 1.807) is 0 Å². The van der Waals surface area contributed by atoms with Gasteiger partial charge < -0.3 is 9.84 Å². The van der Waals surface area contributed by atoms with E-state index in [1.807, 2.05) is 30.3 Å². The Kier molecular flexibility index (Phi) is 3.65. The Morgan fingerprint density at radius 3 is 2.50 bits per heavy atom. The van der Waals surface area contributed by atoms with Crippen LogP contribution in [0.1, 0.15) is 10.6 Å². The zero-order valence-corrected chi connectivity index (χ0v) is 11.2. The summed E-state index contributed by atoms with van der Waals surface area (Å²) in [4.78, 5) is 12.0. The molecule has 0 aliphatic rings. The fourth-order valence-corrected chi connectivity index (χ4v) is 1.89. The molecule has 0 spiro atoms. The van der Waals surface area contributed by atoms with Crippen molar-refractivity contribution in [1.82, 2.24) is 5.16 Å². The van der Waals surface area contributed by atoms with Crippen LogP contribution >= 0.6 is 0 Å². The smallest absolute Gasteiger partial charge is 0.294 e. The molecule has 0 unspecified atom stereocenters. The van der Waals surface area contributed by atoms with E-state index < -0.39 is 17.5 Å². The van der Waals surface area contributed by atoms with Crippen molar-refractivity contribution in [3.63, 3.8) is 0 Å². The predicted octanol–water partition coefficient (Wildman–Crippen LogP) is 3.87. The van der Waals surface area contributed by atoms with E-state index in [1.165, 1.54) is 12.1 Å². The van der Waals surface area contributed by atoms with Crippen LogP contribution in [0.4, 0.5) is 14.5 Å². The van der Waals surface area contributed by atoms with Crippen molar-refractivity contribution in [1.29, 1.82) is 0 Å². The summed E-state index contributed by atoms with van der Waals surface area (Å²) in [6, 6.07) is 13.7. The number of rotatable bonds is 3. The molecule has 3 aromatic rings. The molecule has 1 heterocycles. The lowest BCUT2D eigenvalue weighted by Gasteiger charge is -2.02. The van der Waals surface area contributed by atoms with Crippen molar-refractivity contribution < 1.29 is 18.1 Å². The molecule has 4 nitrogen and oxygen atoms in total. The van der Waals surface area contributed by atoms with Crippen molar-refractivity contribution in [3.05, 3.63) is 72.0 Å². The molecule has 22 heavy (non-hydrogen) atoms. The van der Waals surface area contributed by atoms with Crippen LogP contribution in [0.2, 0.25) is 0 Å². The van der Waals surface area contributed by atoms with Crippen LogP contribution in [-0.4, -0.2) is 11.1 Å². The molecule has 0 bridgehead atoms. The second kappa shape index (κ2) is 5.77. The highest BCUT2D eigenvalue weighted by atomic mass is 19.2. The summed E-state index contributed by atoms with van der Waals surface area (Å²) in [6.07, 6.45) is 0. The normalized spacial score (nSPS) is 10.5. The van der Waals surface area contributed by atoms with Crippen molar-refractivity contribution in [2.24, 2.45) is 0 Å². The number of aromatic nitrogens is 1. The Bertz CT molecular complexity index is 816. The molecular weight excluding hydrogens is 290 g/mol. The maximum atomic E-state index is 13.1. The zero-order valence-electron chi connectivity index (χ0n) is 11.2. The molecule has 3 rings (SSSR count). The monoisotopic (exact) mass is 300 g/mol. The molecule has 0 fully saturated rings. The largest absolute Gasteiger partial charge is 0.350 e. The number of amides is 1. The molecular formula is C16H10F2N2O2. The topological polar surface area (TPSA) is 55.1 Å². The number of carbonyl (C=O) groups is 1. The minimum Gasteiger partial charge on any atom is -0.350 e. The highest BCUT2D eigenvalue weighted by molar-refractivity contribution is 6.02. The Morgan fingerprint density at radius 1 is 1.00 bits per heavy atom. The highest BCUT2D eigenvalue weighted by Gasteiger charge is 2.15. The molecule has 0 aliphatic heterocycles. The molecule has 1 amide bonds. The predicted molar refractivity (Wildman–Crippen MR) is 76.3 cm³/mol. The maximum absolute atomic E-state index is 13.1. The number of halogens is 2. The lowest BCUT2D eigenvalue weighted by atomic mass is 10.1. The number of hydrogen-bond donors (Lipinski definition) is 1. The Labute approximate surface area is 124 Å². The number of nitrogens with zero attached hydrogens (tertiary/aromatic N) is 1. The van der Waals surface area contributed by atoms with Gasteiger partial charge in [-0.05, 0) is 12.1 Å². The van der Waals surface area contributed by atoms with E-state index in [2.05, 4.69) is 10.5 Å². The summed E-state index contributed by atoms with van der Waals surface area (Å²) in [6.45, 7) is 0. The third-order valence-electron chi connectivity index (χ3n) is 2.98. The molecule has 0 aliphatic carbocycles. The Hall–Kier alpha value is -3.02. The van der Waals surface area contributed by atoms with Crippen molar-refractivity contribution in [2.75, 3.05) is 5.32 Å². The van der Waals surface area contributed by atoms with E-state index in [9.17, 15) is 13.6 Å². The standard InChI is InChI=1S/C16H10F2N2O2/c17-12-7-6-11(8-13(12)18)19-16(21)15-9-14(20-22-15)10-4-2-1-3-5-10/h1-9H,(H,19,21). The average Bonchev–Trinajstić information content (AvgIpc) is 3.02. The van der Waals surface area contributed by atoms with Crippen LogP contribution in [0, 0.1) is 11.6 Å². The number of benzene rings is 2. The lowest BCUT2D eigenvalue weighted by Crippen LogP contribution is -2.11. The quantitative estimate of drug-likeness (QED) is 0.798. The van der Waals surface area contributed by atoms with Gasteiger partial charge in [0.2, 0.25) is 5.76 Å². The minimum absolute atomic E-state index is 0.0245. The van der Waals surface area contributed by atoms with Crippen molar-refractivity contribution in [3.8, 4) is 11.3 Å². The first-order valence-electron chi connectivity index (χ1n) is 6.42. The van der Waals surface area contributed by atoms with Gasteiger partial charge in [-0.1, -0.05) is 35.5 Å². The molecule has 110 valence electrons. The van der Waals surface area contributed by atoms with Crippen LogP contribution in [0.3, 0.4) is 0 Å². The van der Waals surface area contributed by atoms with Gasteiger partial charge >= 0.3 is 0 Å². The fraction of sp³-hybridized carbons (Fsp3) is 0. The molecule has 6 heteroatoms. The van der Waals surface area contributed by atoms with Crippen LogP contribution in [0.25, 0.3) is 11.3 Å². The van der Waals surface area contributed by atoms with Gasteiger partial charge in [0.05, 0.1) is 0 Å². The zero-order chi connectivity index (χ0) is 15.5. The second-order valence-electron chi connectivity index (χ2n) is 4.53. The van der Waals surface area contributed by atoms with Gasteiger partial charge in [-0.25, -0.2) is 8.78 Å². The Morgan fingerprint density at radius 2 is 1.77 bits per heavy atom. The first kappa shape index (κ1) is 13.9. The van der Waals surface area contributed by atoms with E-state index in [0.717, 1.165) is 17.7 Å². The summed E-state index contributed by atoms with van der Waals surface area (Å²) in [7, 11) is 0. The SMILES string of the molecule is O=C(Nc1ccc(F)c(F)c1)c1cc(-c2ccccc2)no1. The molecule has 0 saturated carbocycles. The fourth-order valence-electron chi connectivity index (χ4n) is 1.89. The van der Waals surface area contributed by atoms with Gasteiger partial charge in [-0.3, -0.25) is 4.79 Å². The van der Waals surface area contributed by atoms with E-state index >= 15 is 0 Å². The van der Waals surface area contributed by atoms with Crippen LogP contribution in [-0.2, 0) is 0 Å². The second-order valence-corrected chi connectivity index (χ2v) is 4.53. The van der Waals surface area contributed by atoms with Gasteiger partial charge in [-0.2, -0.15) is 0 Å². The van der Waals surface area contributed by atoms with Crippen LogP contribution < -0.4 is 5.32 Å². The van der Waals surface area contributed by atoms with E-state index in [0.29, 0.717) is 5.69 Å². The summed E-state index contributed by atoms with van der Waals surface area (Å²) in [5.41, 5.74) is 1.44. The molecule has 0 saturated heterocycles. The molecule has 0 radical (unpaired) electrons. The molecule has 1 N–H and O–H groups in total. The third-order valence-corrected chi connectivity index (χ3v) is 2.98. The van der Waals surface area contributed by atoms with Crippen LogP contribution in [0.5, 0.6) is 0 Å². The van der Waals surface area contributed by atoms with Gasteiger partial charge in [0.1, 0.15) is 5.69 Å². The number of hydrogen-bond acceptors (Lipinski definition) is 3. The maximum Gasteiger partial charge on any atom is 0.294 e. The number of nitrogens with one attached hydrogen (secondary N) is 1. The third kappa shape index (κ3) is 2.85. The summed E-state index contributed by atoms with van der Waals surface area (Å²) in [5, 5.41) is 6.22. The number of anilines is 1. The average molecular weight is 300 g/mol. The van der Waals surface area contributed by atoms with E-state index in [4.69, 9.17) is 4.52 Å². The summed E-state index contributed by atoms with van der Waals surface area (Å²) < 4.78 is 30.9.